The largest absolute Gasteiger partial charge is 0.496 e. The zero-order valence-corrected chi connectivity index (χ0v) is 19.1. The van der Waals surface area contributed by atoms with Gasteiger partial charge in [0.25, 0.3) is 5.97 Å². The zero-order valence-electron chi connectivity index (χ0n) is 19.1. The summed E-state index contributed by atoms with van der Waals surface area (Å²) in [6.45, 7) is 3.63. The van der Waals surface area contributed by atoms with Crippen LogP contribution in [0, 0.1) is 25.2 Å². The Balaban J connectivity index is 2.00. The molecule has 0 unspecified atom stereocenters. The van der Waals surface area contributed by atoms with E-state index in [1.165, 1.54) is 14.2 Å². The summed E-state index contributed by atoms with van der Waals surface area (Å²) in [5, 5.41) is 16.4. The quantitative estimate of drug-likeness (QED) is 0.251. The summed E-state index contributed by atoms with van der Waals surface area (Å²) in [4.78, 5) is 8.86. The van der Waals surface area contributed by atoms with Gasteiger partial charge in [0.05, 0.1) is 24.3 Å². The Morgan fingerprint density at radius 1 is 1.18 bits per heavy atom. The normalized spacial score (nSPS) is 11.9. The molecule has 0 fully saturated rings. The number of aromatic nitrogens is 2. The topological polar surface area (TPSA) is 93.5 Å². The Labute approximate surface area is 192 Å². The molecule has 0 N–H and O–H groups in total. The zero-order chi connectivity index (χ0) is 23.8. The van der Waals surface area contributed by atoms with E-state index in [2.05, 4.69) is 32.3 Å². The second-order valence-electron chi connectivity index (χ2n) is 7.37. The third kappa shape index (κ3) is 5.83. The van der Waals surface area contributed by atoms with Gasteiger partial charge in [0.1, 0.15) is 12.9 Å². The van der Waals surface area contributed by atoms with Crippen LogP contribution in [0.25, 0.3) is 5.57 Å². The number of hydrogen-bond donors (Lipinski definition) is 0. The molecule has 3 aromatic rings. The summed E-state index contributed by atoms with van der Waals surface area (Å²) in [7, 11) is 2.78. The summed E-state index contributed by atoms with van der Waals surface area (Å²) < 4.78 is 25.3. The van der Waals surface area contributed by atoms with Gasteiger partial charge < -0.3 is 14.1 Å². The van der Waals surface area contributed by atoms with Crippen LogP contribution < -0.4 is 4.74 Å². The van der Waals surface area contributed by atoms with E-state index in [-0.39, 0.29) is 5.56 Å². The standard InChI is InChI=1S/C25H25FN4O3/c1-16-13-20(14-22(24(16)31-3)25(26)30-32-4)21(19-11-9-18(15-27)10-12-19)7-5-6-8-23-28-17(2)29-33-23/h7,9-14H,5-6,8H2,1-4H3/b21-7-,30-25-. The fourth-order valence-electron chi connectivity index (χ4n) is 3.55. The Morgan fingerprint density at radius 2 is 1.94 bits per heavy atom. The molecule has 0 saturated carbocycles. The molecule has 2 aromatic carbocycles. The molecule has 0 radical (unpaired) electrons. The number of halogens is 1. The number of nitriles is 1. The van der Waals surface area contributed by atoms with Gasteiger partial charge in [0.2, 0.25) is 5.89 Å². The van der Waals surface area contributed by atoms with Crippen LogP contribution in [0.1, 0.15) is 52.4 Å². The van der Waals surface area contributed by atoms with Gasteiger partial charge in [-0.3, -0.25) is 0 Å². The minimum absolute atomic E-state index is 0.204. The van der Waals surface area contributed by atoms with E-state index in [0.717, 1.165) is 35.1 Å². The minimum atomic E-state index is -0.773. The molecule has 33 heavy (non-hydrogen) atoms. The van der Waals surface area contributed by atoms with Gasteiger partial charge in [0, 0.05) is 6.42 Å². The SMILES string of the molecule is CO/N=C(\F)c1cc(/C(=C\CCCc2nc(C)no2)c2ccc(C#N)cc2)cc(C)c1OC. The third-order valence-electron chi connectivity index (χ3n) is 5.02. The number of aryl methyl sites for hydroxylation is 3. The van der Waals surface area contributed by atoms with Crippen molar-refractivity contribution in [3.05, 3.63) is 82.0 Å². The average molecular weight is 448 g/mol. The van der Waals surface area contributed by atoms with E-state index in [4.69, 9.17) is 14.5 Å². The van der Waals surface area contributed by atoms with Crippen molar-refractivity contribution < 1.29 is 18.5 Å². The molecule has 0 aliphatic heterocycles. The van der Waals surface area contributed by atoms with Crippen molar-refractivity contribution in [1.29, 1.82) is 5.26 Å². The van der Waals surface area contributed by atoms with Crippen molar-refractivity contribution >= 4 is 11.5 Å². The summed E-state index contributed by atoms with van der Waals surface area (Å²) in [5.74, 6) is 0.828. The first-order valence-electron chi connectivity index (χ1n) is 10.4. The Morgan fingerprint density at radius 3 is 2.55 bits per heavy atom. The van der Waals surface area contributed by atoms with E-state index in [0.29, 0.717) is 29.4 Å². The molecular formula is C25H25FN4O3. The molecular weight excluding hydrogens is 423 g/mol. The van der Waals surface area contributed by atoms with Gasteiger partial charge in [-0.05, 0) is 73.2 Å². The number of allylic oxidation sites excluding steroid dienone is 1. The van der Waals surface area contributed by atoms with E-state index >= 15 is 0 Å². The number of benzene rings is 2. The monoisotopic (exact) mass is 448 g/mol. The van der Waals surface area contributed by atoms with E-state index < -0.39 is 5.97 Å². The molecule has 170 valence electrons. The van der Waals surface area contributed by atoms with Gasteiger partial charge in [-0.25, -0.2) is 0 Å². The molecule has 0 atom stereocenters. The first kappa shape index (κ1) is 23.7. The van der Waals surface area contributed by atoms with Crippen LogP contribution in [0.2, 0.25) is 0 Å². The molecule has 1 heterocycles. The van der Waals surface area contributed by atoms with Crippen LogP contribution in [0.4, 0.5) is 4.39 Å². The number of rotatable bonds is 9. The maximum Gasteiger partial charge on any atom is 0.260 e. The summed E-state index contributed by atoms with van der Waals surface area (Å²) in [6, 6.07) is 13.0. The lowest BCUT2D eigenvalue weighted by atomic mass is 9.92. The number of hydrogen-bond acceptors (Lipinski definition) is 7. The van der Waals surface area contributed by atoms with Crippen LogP contribution >= 0.6 is 0 Å². The molecule has 0 saturated heterocycles. The second kappa shape index (κ2) is 11.0. The Hall–Kier alpha value is -3.99. The highest BCUT2D eigenvalue weighted by atomic mass is 19.1. The fourth-order valence-corrected chi connectivity index (χ4v) is 3.55. The van der Waals surface area contributed by atoms with Crippen LogP contribution in [-0.2, 0) is 11.3 Å². The van der Waals surface area contributed by atoms with Crippen molar-refractivity contribution in [3.63, 3.8) is 0 Å². The number of unbranched alkanes of at least 4 members (excludes halogenated alkanes) is 1. The van der Waals surface area contributed by atoms with E-state index in [1.54, 1.807) is 25.1 Å². The smallest absolute Gasteiger partial charge is 0.260 e. The first-order chi connectivity index (χ1) is 16.0. The molecule has 0 aliphatic carbocycles. The Bertz CT molecular complexity index is 1210. The van der Waals surface area contributed by atoms with Crippen molar-refractivity contribution in [3.8, 4) is 11.8 Å². The first-order valence-corrected chi connectivity index (χ1v) is 10.4. The fraction of sp³-hybridized carbons (Fsp3) is 0.280. The summed E-state index contributed by atoms with van der Waals surface area (Å²) in [6.07, 6.45) is 4.26. The molecule has 1 aromatic heterocycles. The molecule has 3 rings (SSSR count). The average Bonchev–Trinajstić information content (AvgIpc) is 3.23. The van der Waals surface area contributed by atoms with Gasteiger partial charge in [-0.15, -0.1) is 0 Å². The second-order valence-corrected chi connectivity index (χ2v) is 7.37. The lowest BCUT2D eigenvalue weighted by molar-refractivity contribution is 0.209. The summed E-state index contributed by atoms with van der Waals surface area (Å²) in [5.41, 5.74) is 4.13. The molecule has 8 heteroatoms. The molecule has 0 bridgehead atoms. The van der Waals surface area contributed by atoms with Gasteiger partial charge >= 0.3 is 0 Å². The minimum Gasteiger partial charge on any atom is -0.496 e. The van der Waals surface area contributed by atoms with Crippen LogP contribution in [0.5, 0.6) is 5.75 Å². The molecule has 7 nitrogen and oxygen atoms in total. The van der Waals surface area contributed by atoms with E-state index in [9.17, 15) is 4.39 Å². The number of oxime groups is 1. The van der Waals surface area contributed by atoms with Crippen molar-refractivity contribution in [2.45, 2.75) is 33.1 Å². The van der Waals surface area contributed by atoms with Crippen LogP contribution in [0.3, 0.4) is 0 Å². The van der Waals surface area contributed by atoms with Gasteiger partial charge in [-0.2, -0.15) is 14.6 Å². The van der Waals surface area contributed by atoms with Crippen LogP contribution in [0.15, 0.2) is 52.2 Å². The van der Waals surface area contributed by atoms with Gasteiger partial charge in [-0.1, -0.05) is 28.5 Å². The van der Waals surface area contributed by atoms with Crippen molar-refractivity contribution in [2.24, 2.45) is 5.16 Å². The van der Waals surface area contributed by atoms with E-state index in [1.807, 2.05) is 25.1 Å². The number of methoxy groups -OCH3 is 1. The number of nitrogens with zero attached hydrogens (tertiary/aromatic N) is 4. The molecule has 0 spiro atoms. The highest BCUT2D eigenvalue weighted by Crippen LogP contribution is 2.33. The van der Waals surface area contributed by atoms with Gasteiger partial charge in [0.15, 0.2) is 5.82 Å². The Kier molecular flexibility index (Phi) is 7.92. The highest BCUT2D eigenvalue weighted by molar-refractivity contribution is 5.98. The predicted octanol–water partition coefficient (Wildman–Crippen LogP) is 5.30. The lowest BCUT2D eigenvalue weighted by Crippen LogP contribution is -2.03. The maximum atomic E-state index is 14.7. The van der Waals surface area contributed by atoms with Crippen LogP contribution in [-0.4, -0.2) is 30.3 Å². The van der Waals surface area contributed by atoms with Crippen molar-refractivity contribution in [2.75, 3.05) is 14.2 Å². The lowest BCUT2D eigenvalue weighted by Gasteiger charge is -2.15. The number of ether oxygens (including phenoxy) is 1. The van der Waals surface area contributed by atoms with Crippen molar-refractivity contribution in [1.82, 2.24) is 10.1 Å². The summed E-state index contributed by atoms with van der Waals surface area (Å²) >= 11 is 0. The maximum absolute atomic E-state index is 14.7. The molecule has 0 amide bonds. The highest BCUT2D eigenvalue weighted by Gasteiger charge is 2.17. The third-order valence-corrected chi connectivity index (χ3v) is 5.02. The molecule has 0 aliphatic rings. The predicted molar refractivity (Wildman–Crippen MR) is 123 cm³/mol.